The van der Waals surface area contributed by atoms with Crippen molar-refractivity contribution in [3.63, 3.8) is 0 Å². The summed E-state index contributed by atoms with van der Waals surface area (Å²) in [6.07, 6.45) is -8.46. The lowest BCUT2D eigenvalue weighted by atomic mass is 10.1. The second kappa shape index (κ2) is 10.2. The monoisotopic (exact) mass is 521 g/mol. The Balaban J connectivity index is 1.43. The Kier molecular flexibility index (Phi) is 7.15. The highest BCUT2D eigenvalue weighted by molar-refractivity contribution is 6.04. The molecular weight excluding hydrogens is 500 g/mol. The van der Waals surface area contributed by atoms with Gasteiger partial charge in [-0.05, 0) is 66.6 Å². The third-order valence-corrected chi connectivity index (χ3v) is 5.83. The zero-order valence-corrected chi connectivity index (χ0v) is 19.2. The molecule has 1 aliphatic heterocycles. The predicted octanol–water partition coefficient (Wildman–Crippen LogP) is 6.81. The quantitative estimate of drug-likeness (QED) is 0.375. The first-order valence-electron chi connectivity index (χ1n) is 11.2. The van der Waals surface area contributed by atoms with Crippen LogP contribution in [0.2, 0.25) is 0 Å². The molecule has 0 radical (unpaired) electrons. The minimum atomic E-state index is -4.58. The molecule has 4 rings (SSSR count). The number of carbonyl (C=O) groups is 2. The second-order valence-electron chi connectivity index (χ2n) is 8.49. The van der Waals surface area contributed by atoms with E-state index in [0.29, 0.717) is 36.4 Å². The van der Waals surface area contributed by atoms with Crippen LogP contribution in [-0.4, -0.2) is 29.9 Å². The molecule has 0 aromatic heterocycles. The highest BCUT2D eigenvalue weighted by Crippen LogP contribution is 2.31. The van der Waals surface area contributed by atoms with Crippen LogP contribution in [0.5, 0.6) is 0 Å². The maximum absolute atomic E-state index is 13.0. The smallest absolute Gasteiger partial charge is 0.322 e. The van der Waals surface area contributed by atoms with E-state index in [1.807, 2.05) is 0 Å². The van der Waals surface area contributed by atoms with E-state index in [0.717, 1.165) is 30.3 Å². The van der Waals surface area contributed by atoms with E-state index >= 15 is 0 Å². The van der Waals surface area contributed by atoms with Crippen LogP contribution in [0.15, 0.2) is 72.8 Å². The molecule has 3 aromatic carbocycles. The van der Waals surface area contributed by atoms with Gasteiger partial charge in [-0.3, -0.25) is 9.69 Å². The van der Waals surface area contributed by atoms with Crippen LogP contribution in [0.3, 0.4) is 0 Å². The van der Waals surface area contributed by atoms with Gasteiger partial charge in [-0.2, -0.15) is 26.3 Å². The van der Waals surface area contributed by atoms with Gasteiger partial charge in [0.2, 0.25) is 0 Å². The summed E-state index contributed by atoms with van der Waals surface area (Å²) >= 11 is 0. The van der Waals surface area contributed by atoms with Gasteiger partial charge in [0.15, 0.2) is 0 Å². The molecule has 0 spiro atoms. The topological polar surface area (TPSA) is 52.7 Å². The number of urea groups is 1. The Bertz CT molecular complexity index is 1290. The molecule has 0 atom stereocenters. The van der Waals surface area contributed by atoms with Gasteiger partial charge in [-0.15, -0.1) is 0 Å². The molecule has 194 valence electrons. The molecule has 11 heteroatoms. The molecule has 1 heterocycles. The summed E-state index contributed by atoms with van der Waals surface area (Å²) in [7, 11) is 0. The summed E-state index contributed by atoms with van der Waals surface area (Å²) in [5, 5.41) is 2.53. The van der Waals surface area contributed by atoms with Gasteiger partial charge >= 0.3 is 18.4 Å². The van der Waals surface area contributed by atoms with Crippen LogP contribution in [-0.2, 0) is 18.9 Å². The Hall–Kier alpha value is -4.02. The summed E-state index contributed by atoms with van der Waals surface area (Å²) in [5.41, 5.74) is -0.692. The Labute approximate surface area is 208 Å². The zero-order chi connectivity index (χ0) is 26.8. The molecule has 1 fully saturated rings. The van der Waals surface area contributed by atoms with Crippen LogP contribution in [0.1, 0.15) is 33.5 Å². The van der Waals surface area contributed by atoms with Crippen molar-refractivity contribution in [2.45, 2.75) is 25.3 Å². The van der Waals surface area contributed by atoms with Crippen LogP contribution in [0.25, 0.3) is 0 Å². The highest BCUT2D eigenvalue weighted by Gasteiger charge is 2.32. The van der Waals surface area contributed by atoms with E-state index in [1.165, 1.54) is 40.1 Å². The standard InChI is InChI=1S/C26H21F6N3O2/c27-25(28,29)19-6-1-4-17(14-19)16-34-12-3-13-35(24(34)37)22-10-8-21(9-11-22)33-23(36)18-5-2-7-20(15-18)26(30,31)32/h1-2,4-11,14-15H,3,12-13,16H2,(H,33,36). The average Bonchev–Trinajstić information content (AvgIpc) is 2.85. The minimum absolute atomic E-state index is 0.0182. The average molecular weight is 521 g/mol. The first kappa shape index (κ1) is 26.1. The summed E-state index contributed by atoms with van der Waals surface area (Å²) in [6.45, 7) is 0.801. The first-order chi connectivity index (χ1) is 17.4. The van der Waals surface area contributed by atoms with Crippen molar-refractivity contribution in [3.8, 4) is 0 Å². The molecule has 3 aromatic rings. The van der Waals surface area contributed by atoms with E-state index < -0.39 is 29.4 Å². The third-order valence-electron chi connectivity index (χ3n) is 5.83. The van der Waals surface area contributed by atoms with Crippen LogP contribution < -0.4 is 10.2 Å². The summed E-state index contributed by atoms with van der Waals surface area (Å²) in [4.78, 5) is 28.4. The van der Waals surface area contributed by atoms with Gasteiger partial charge in [0, 0.05) is 36.6 Å². The van der Waals surface area contributed by atoms with Crippen LogP contribution >= 0.6 is 0 Å². The lowest BCUT2D eigenvalue weighted by molar-refractivity contribution is -0.138. The molecule has 5 nitrogen and oxygen atoms in total. The maximum atomic E-state index is 13.0. The van der Waals surface area contributed by atoms with E-state index in [1.54, 1.807) is 12.1 Å². The maximum Gasteiger partial charge on any atom is 0.416 e. The van der Waals surface area contributed by atoms with Crippen molar-refractivity contribution < 1.29 is 35.9 Å². The lowest BCUT2D eigenvalue weighted by Crippen LogP contribution is -2.49. The number of carbonyl (C=O) groups excluding carboxylic acids is 2. The lowest BCUT2D eigenvalue weighted by Gasteiger charge is -2.35. The van der Waals surface area contributed by atoms with Gasteiger partial charge in [0.25, 0.3) is 5.91 Å². The summed E-state index contributed by atoms with van der Waals surface area (Å²) in [5.74, 6) is -0.722. The molecule has 0 unspecified atom stereocenters. The number of anilines is 2. The first-order valence-corrected chi connectivity index (χ1v) is 11.2. The molecule has 0 bridgehead atoms. The molecule has 1 N–H and O–H groups in total. The second-order valence-corrected chi connectivity index (χ2v) is 8.49. The van der Waals surface area contributed by atoms with Crippen molar-refractivity contribution in [2.75, 3.05) is 23.3 Å². The van der Waals surface area contributed by atoms with E-state index in [4.69, 9.17) is 0 Å². The largest absolute Gasteiger partial charge is 0.416 e. The predicted molar refractivity (Wildman–Crippen MR) is 125 cm³/mol. The number of hydrogen-bond acceptors (Lipinski definition) is 2. The number of nitrogens with zero attached hydrogens (tertiary/aromatic N) is 2. The Morgan fingerprint density at radius 3 is 2.08 bits per heavy atom. The SMILES string of the molecule is O=C(Nc1ccc(N2CCCN(Cc3cccc(C(F)(F)F)c3)C2=O)cc1)c1cccc(C(F)(F)F)c1. The number of amides is 3. The summed E-state index contributed by atoms with van der Waals surface area (Å²) in [6, 6.07) is 14.7. The van der Waals surface area contributed by atoms with Gasteiger partial charge < -0.3 is 10.2 Å². The molecule has 0 saturated carbocycles. The molecule has 1 saturated heterocycles. The van der Waals surface area contributed by atoms with Gasteiger partial charge in [-0.25, -0.2) is 4.79 Å². The number of alkyl halides is 6. The van der Waals surface area contributed by atoms with E-state index in [9.17, 15) is 35.9 Å². The fraction of sp³-hybridized carbons (Fsp3) is 0.231. The van der Waals surface area contributed by atoms with Gasteiger partial charge in [-0.1, -0.05) is 18.2 Å². The number of rotatable bonds is 5. The van der Waals surface area contributed by atoms with Gasteiger partial charge in [0.1, 0.15) is 0 Å². The summed E-state index contributed by atoms with van der Waals surface area (Å²) < 4.78 is 77.8. The normalized spacial score (nSPS) is 14.6. The number of nitrogens with one attached hydrogen (secondary N) is 1. The zero-order valence-electron chi connectivity index (χ0n) is 19.2. The highest BCUT2D eigenvalue weighted by atomic mass is 19.4. The fourth-order valence-electron chi connectivity index (χ4n) is 4.00. The van der Waals surface area contributed by atoms with Crippen molar-refractivity contribution >= 4 is 23.3 Å². The molecule has 1 aliphatic rings. The number of hydrogen-bond donors (Lipinski definition) is 1. The fourth-order valence-corrected chi connectivity index (χ4v) is 4.00. The van der Waals surface area contributed by atoms with Crippen LogP contribution in [0.4, 0.5) is 42.5 Å². The van der Waals surface area contributed by atoms with Crippen molar-refractivity contribution in [3.05, 3.63) is 95.1 Å². The van der Waals surface area contributed by atoms with Crippen molar-refractivity contribution in [2.24, 2.45) is 0 Å². The van der Waals surface area contributed by atoms with E-state index in [-0.39, 0.29) is 18.1 Å². The number of halogens is 6. The van der Waals surface area contributed by atoms with Crippen molar-refractivity contribution in [1.29, 1.82) is 0 Å². The molecule has 0 aliphatic carbocycles. The van der Waals surface area contributed by atoms with Crippen LogP contribution in [0, 0.1) is 0 Å². The van der Waals surface area contributed by atoms with Gasteiger partial charge in [0.05, 0.1) is 11.1 Å². The Morgan fingerprint density at radius 1 is 0.811 bits per heavy atom. The number of benzene rings is 3. The molecule has 3 amide bonds. The van der Waals surface area contributed by atoms with E-state index in [2.05, 4.69) is 5.32 Å². The Morgan fingerprint density at radius 2 is 1.43 bits per heavy atom. The molecule has 37 heavy (non-hydrogen) atoms. The minimum Gasteiger partial charge on any atom is -0.322 e. The molecular formula is C26H21F6N3O2. The third kappa shape index (κ3) is 6.22. The van der Waals surface area contributed by atoms with Crippen molar-refractivity contribution in [1.82, 2.24) is 4.90 Å².